The summed E-state index contributed by atoms with van der Waals surface area (Å²) in [6.07, 6.45) is 0. The molecule has 0 unspecified atom stereocenters. The van der Waals surface area contributed by atoms with Gasteiger partial charge in [-0.2, -0.15) is 0 Å². The minimum atomic E-state index is -0.544. The SMILES string of the molecule is CNC(=O)CN(C)c1ccc([N+](=O)[O-])c(N)c1. The Morgan fingerprint density at radius 2 is 2.24 bits per heavy atom. The molecule has 1 rings (SSSR count). The van der Waals surface area contributed by atoms with Crippen LogP contribution in [0.3, 0.4) is 0 Å². The van der Waals surface area contributed by atoms with E-state index in [9.17, 15) is 14.9 Å². The fourth-order valence-corrected chi connectivity index (χ4v) is 1.33. The number of nitro benzene ring substituents is 1. The monoisotopic (exact) mass is 238 g/mol. The van der Waals surface area contributed by atoms with Crippen molar-refractivity contribution in [3.63, 3.8) is 0 Å². The van der Waals surface area contributed by atoms with Crippen LogP contribution in [-0.2, 0) is 4.79 Å². The molecule has 0 saturated carbocycles. The van der Waals surface area contributed by atoms with Gasteiger partial charge in [-0.05, 0) is 12.1 Å². The number of amides is 1. The highest BCUT2D eigenvalue weighted by molar-refractivity contribution is 5.81. The molecule has 0 spiro atoms. The molecule has 0 aromatic heterocycles. The predicted molar refractivity (Wildman–Crippen MR) is 64.8 cm³/mol. The summed E-state index contributed by atoms with van der Waals surface area (Å²) in [6, 6.07) is 4.35. The van der Waals surface area contributed by atoms with Crippen LogP contribution in [0, 0.1) is 10.1 Å². The Bertz CT molecular complexity index is 447. The summed E-state index contributed by atoms with van der Waals surface area (Å²) in [5.41, 5.74) is 6.15. The van der Waals surface area contributed by atoms with E-state index >= 15 is 0 Å². The van der Waals surface area contributed by atoms with Crippen LogP contribution in [0.4, 0.5) is 17.1 Å². The van der Waals surface area contributed by atoms with Crippen LogP contribution < -0.4 is 16.0 Å². The van der Waals surface area contributed by atoms with Gasteiger partial charge in [-0.3, -0.25) is 14.9 Å². The first-order valence-corrected chi connectivity index (χ1v) is 4.91. The van der Waals surface area contributed by atoms with Gasteiger partial charge in [-0.25, -0.2) is 0 Å². The Balaban J connectivity index is 2.89. The molecule has 7 nitrogen and oxygen atoms in total. The molecular formula is C10H14N4O3. The Hall–Kier alpha value is -2.31. The van der Waals surface area contributed by atoms with E-state index in [0.29, 0.717) is 5.69 Å². The summed E-state index contributed by atoms with van der Waals surface area (Å²) in [7, 11) is 3.25. The second-order valence-electron chi connectivity index (χ2n) is 3.53. The maximum Gasteiger partial charge on any atom is 0.292 e. The van der Waals surface area contributed by atoms with Crippen molar-refractivity contribution in [2.75, 3.05) is 31.3 Å². The van der Waals surface area contributed by atoms with Gasteiger partial charge in [0.15, 0.2) is 0 Å². The lowest BCUT2D eigenvalue weighted by molar-refractivity contribution is -0.383. The van der Waals surface area contributed by atoms with Gasteiger partial charge in [-0.1, -0.05) is 0 Å². The molecule has 17 heavy (non-hydrogen) atoms. The van der Waals surface area contributed by atoms with Gasteiger partial charge in [0.05, 0.1) is 11.5 Å². The number of rotatable bonds is 4. The Labute approximate surface area is 98.4 Å². The molecule has 0 aliphatic carbocycles. The van der Waals surface area contributed by atoms with Gasteiger partial charge < -0.3 is 16.0 Å². The van der Waals surface area contributed by atoms with E-state index in [1.807, 2.05) is 0 Å². The molecule has 0 bridgehead atoms. The molecule has 0 radical (unpaired) electrons. The lowest BCUT2D eigenvalue weighted by Crippen LogP contribution is -2.32. The minimum Gasteiger partial charge on any atom is -0.393 e. The third kappa shape index (κ3) is 3.07. The number of nitrogens with one attached hydrogen (secondary N) is 1. The second kappa shape index (κ2) is 5.15. The molecule has 7 heteroatoms. The smallest absolute Gasteiger partial charge is 0.292 e. The number of nitrogen functional groups attached to an aromatic ring is 1. The highest BCUT2D eigenvalue weighted by Crippen LogP contribution is 2.26. The van der Waals surface area contributed by atoms with Crippen molar-refractivity contribution in [3.8, 4) is 0 Å². The number of nitro groups is 1. The molecule has 0 atom stereocenters. The quantitative estimate of drug-likeness (QED) is 0.448. The summed E-state index contributed by atoms with van der Waals surface area (Å²) in [6.45, 7) is 0.160. The topological polar surface area (TPSA) is 102 Å². The number of nitrogens with zero attached hydrogens (tertiary/aromatic N) is 2. The molecule has 1 amide bonds. The van der Waals surface area contributed by atoms with Crippen molar-refractivity contribution in [1.82, 2.24) is 5.32 Å². The van der Waals surface area contributed by atoms with Crippen LogP contribution in [0.25, 0.3) is 0 Å². The first-order valence-electron chi connectivity index (χ1n) is 4.91. The lowest BCUT2D eigenvalue weighted by Gasteiger charge is -2.18. The number of nitrogens with two attached hydrogens (primary N) is 1. The van der Waals surface area contributed by atoms with Gasteiger partial charge in [0.2, 0.25) is 5.91 Å². The summed E-state index contributed by atoms with van der Waals surface area (Å²) in [4.78, 5) is 22.8. The summed E-state index contributed by atoms with van der Waals surface area (Å²) in [5.74, 6) is -0.149. The van der Waals surface area contributed by atoms with Crippen molar-refractivity contribution in [2.45, 2.75) is 0 Å². The van der Waals surface area contributed by atoms with Crippen molar-refractivity contribution in [3.05, 3.63) is 28.3 Å². The van der Waals surface area contributed by atoms with Crippen LogP contribution in [-0.4, -0.2) is 31.5 Å². The van der Waals surface area contributed by atoms with Crippen LogP contribution in [0.5, 0.6) is 0 Å². The van der Waals surface area contributed by atoms with E-state index in [1.165, 1.54) is 12.1 Å². The maximum absolute atomic E-state index is 11.2. The number of hydrogen-bond donors (Lipinski definition) is 2. The number of carbonyl (C=O) groups excluding carboxylic acids is 1. The van der Waals surface area contributed by atoms with Crippen molar-refractivity contribution in [2.24, 2.45) is 0 Å². The molecule has 1 aromatic rings. The van der Waals surface area contributed by atoms with E-state index in [-0.39, 0.29) is 23.8 Å². The number of benzene rings is 1. The minimum absolute atomic E-state index is 0.0799. The van der Waals surface area contributed by atoms with E-state index in [1.54, 1.807) is 25.1 Å². The molecule has 92 valence electrons. The van der Waals surface area contributed by atoms with Gasteiger partial charge in [0, 0.05) is 25.8 Å². The average Bonchev–Trinajstić information content (AvgIpc) is 2.28. The van der Waals surface area contributed by atoms with E-state index in [2.05, 4.69) is 5.32 Å². The molecule has 0 saturated heterocycles. The van der Waals surface area contributed by atoms with Crippen molar-refractivity contribution < 1.29 is 9.72 Å². The predicted octanol–water partition coefficient (Wildman–Crippen LogP) is 0.359. The van der Waals surface area contributed by atoms with Gasteiger partial charge >= 0.3 is 0 Å². The van der Waals surface area contributed by atoms with Crippen LogP contribution >= 0.6 is 0 Å². The summed E-state index contributed by atoms with van der Waals surface area (Å²) < 4.78 is 0. The summed E-state index contributed by atoms with van der Waals surface area (Å²) in [5, 5.41) is 13.1. The standard InChI is InChI=1S/C10H14N4O3/c1-12-10(15)6-13(2)7-3-4-9(14(16)17)8(11)5-7/h3-5H,6,11H2,1-2H3,(H,12,15). The molecular weight excluding hydrogens is 224 g/mol. The van der Waals surface area contributed by atoms with Gasteiger partial charge in [0.25, 0.3) is 5.69 Å². The molecule has 0 aliphatic heterocycles. The van der Waals surface area contributed by atoms with Gasteiger partial charge in [0.1, 0.15) is 5.69 Å². The normalized spacial score (nSPS) is 9.76. The zero-order valence-electron chi connectivity index (χ0n) is 9.64. The van der Waals surface area contributed by atoms with E-state index in [0.717, 1.165) is 0 Å². The molecule has 0 aliphatic rings. The van der Waals surface area contributed by atoms with Gasteiger partial charge in [-0.15, -0.1) is 0 Å². The highest BCUT2D eigenvalue weighted by Gasteiger charge is 2.13. The van der Waals surface area contributed by atoms with E-state index < -0.39 is 4.92 Å². The average molecular weight is 238 g/mol. The number of carbonyl (C=O) groups is 1. The number of hydrogen-bond acceptors (Lipinski definition) is 5. The fraction of sp³-hybridized carbons (Fsp3) is 0.300. The van der Waals surface area contributed by atoms with E-state index in [4.69, 9.17) is 5.73 Å². The first kappa shape index (κ1) is 12.8. The second-order valence-corrected chi connectivity index (χ2v) is 3.53. The zero-order valence-corrected chi connectivity index (χ0v) is 9.64. The molecule has 1 aromatic carbocycles. The van der Waals surface area contributed by atoms with Crippen molar-refractivity contribution >= 4 is 23.0 Å². The first-order chi connectivity index (χ1) is 7.95. The Morgan fingerprint density at radius 3 is 2.71 bits per heavy atom. The number of likely N-dealkylation sites (N-methyl/N-ethyl adjacent to an activating group) is 2. The number of anilines is 2. The third-order valence-electron chi connectivity index (χ3n) is 2.31. The fourth-order valence-electron chi connectivity index (χ4n) is 1.33. The van der Waals surface area contributed by atoms with Crippen LogP contribution in [0.15, 0.2) is 18.2 Å². The molecule has 0 fully saturated rings. The summed E-state index contributed by atoms with van der Waals surface area (Å²) >= 11 is 0. The zero-order chi connectivity index (χ0) is 13.0. The Kier molecular flexibility index (Phi) is 3.86. The van der Waals surface area contributed by atoms with Crippen LogP contribution in [0.1, 0.15) is 0 Å². The Morgan fingerprint density at radius 1 is 1.59 bits per heavy atom. The largest absolute Gasteiger partial charge is 0.393 e. The maximum atomic E-state index is 11.2. The molecule has 3 N–H and O–H groups in total. The molecule has 0 heterocycles. The lowest BCUT2D eigenvalue weighted by atomic mass is 10.2. The third-order valence-corrected chi connectivity index (χ3v) is 2.31. The highest BCUT2D eigenvalue weighted by atomic mass is 16.6. The van der Waals surface area contributed by atoms with Crippen LogP contribution in [0.2, 0.25) is 0 Å². The van der Waals surface area contributed by atoms with Crippen molar-refractivity contribution in [1.29, 1.82) is 0 Å².